The standard InChI is InChI=1S/C19H17N9O5S3/c1-33-25-3-10(29)27-19(9-5-35-18(20)26-9)8(14(17(31)32)28-11(30)2-12(28)36-19)4-34-16-13-15(22-6-21-13)23-7-24-16/h3,5-7,12H,2,4H2,1H3,(H2,20,26)(H,27,29)(H,31,32)(H,21,22,23,24)/t12-,19?/m0/s1. The molecule has 1 saturated heterocycles. The van der Waals surface area contributed by atoms with Gasteiger partial charge in [-0.05, 0) is 0 Å². The molecule has 2 aliphatic heterocycles. The Kier molecular flexibility index (Phi) is 6.27. The van der Waals surface area contributed by atoms with Crippen LogP contribution in [-0.4, -0.2) is 77.2 Å². The maximum Gasteiger partial charge on any atom is 0.352 e. The quantitative estimate of drug-likeness (QED) is 0.101. The number of thioether (sulfide) groups is 2. The van der Waals surface area contributed by atoms with Crippen LogP contribution in [0, 0.1) is 0 Å². The van der Waals surface area contributed by atoms with Gasteiger partial charge in [0.05, 0.1) is 23.8 Å². The lowest BCUT2D eigenvalue weighted by Crippen LogP contribution is -2.61. The minimum Gasteiger partial charge on any atom is -0.477 e. The summed E-state index contributed by atoms with van der Waals surface area (Å²) in [6.45, 7) is 0. The van der Waals surface area contributed by atoms with Gasteiger partial charge in [-0.3, -0.25) is 14.5 Å². The van der Waals surface area contributed by atoms with Gasteiger partial charge in [0.1, 0.15) is 35.9 Å². The first-order chi connectivity index (χ1) is 17.3. The van der Waals surface area contributed by atoms with Crippen molar-refractivity contribution in [3.05, 3.63) is 35.0 Å². The van der Waals surface area contributed by atoms with Gasteiger partial charge in [-0.2, -0.15) is 0 Å². The van der Waals surface area contributed by atoms with E-state index in [0.29, 0.717) is 21.9 Å². The third-order valence-corrected chi connectivity index (χ3v) is 8.62. The number of carbonyl (C=O) groups excluding carboxylic acids is 2. The summed E-state index contributed by atoms with van der Waals surface area (Å²) in [7, 11) is 1.29. The van der Waals surface area contributed by atoms with Gasteiger partial charge in [-0.25, -0.2) is 24.7 Å². The second-order valence-corrected chi connectivity index (χ2v) is 10.6. The van der Waals surface area contributed by atoms with E-state index in [9.17, 15) is 19.5 Å². The van der Waals surface area contributed by atoms with Crippen LogP contribution < -0.4 is 11.1 Å². The number of anilines is 1. The van der Waals surface area contributed by atoms with Crippen molar-refractivity contribution < 1.29 is 24.3 Å². The lowest BCUT2D eigenvalue weighted by Gasteiger charge is -2.51. The van der Waals surface area contributed by atoms with E-state index in [2.05, 4.69) is 40.2 Å². The number of aromatic amines is 1. The molecular formula is C19H17N9O5S3. The van der Waals surface area contributed by atoms with Crippen molar-refractivity contribution in [2.45, 2.75) is 21.7 Å². The van der Waals surface area contributed by atoms with Gasteiger partial charge in [0, 0.05) is 16.7 Å². The lowest BCUT2D eigenvalue weighted by atomic mass is 9.98. The first-order valence-electron chi connectivity index (χ1n) is 10.2. The number of nitrogen functional groups attached to an aromatic ring is 1. The number of nitrogens with zero attached hydrogens (tertiary/aromatic N) is 6. The number of carboxylic acid groups (broad SMARTS) is 1. The van der Waals surface area contributed by atoms with E-state index in [1.54, 1.807) is 5.38 Å². The van der Waals surface area contributed by atoms with Crippen LogP contribution in [0.25, 0.3) is 11.2 Å². The molecule has 0 spiro atoms. The maximum atomic E-state index is 12.9. The van der Waals surface area contributed by atoms with Crippen LogP contribution in [0.1, 0.15) is 12.1 Å². The molecule has 5 rings (SSSR count). The number of aliphatic carboxylic acids is 1. The number of rotatable bonds is 8. The molecule has 186 valence electrons. The number of carbonyl (C=O) groups is 3. The number of fused-ring (bicyclic) bond motifs is 2. The first kappa shape index (κ1) is 24.0. The average Bonchev–Trinajstić information content (AvgIpc) is 3.50. The summed E-state index contributed by atoms with van der Waals surface area (Å²) in [6, 6.07) is 0. The Morgan fingerprint density at radius 1 is 1.47 bits per heavy atom. The van der Waals surface area contributed by atoms with Crippen molar-refractivity contribution in [3.63, 3.8) is 0 Å². The molecule has 1 fully saturated rings. The number of β-lactam (4-membered cyclic amide) rings is 1. The summed E-state index contributed by atoms with van der Waals surface area (Å²) >= 11 is 3.55. The van der Waals surface area contributed by atoms with E-state index in [-0.39, 0.29) is 34.5 Å². The second kappa shape index (κ2) is 9.40. The Bertz CT molecular complexity index is 1440. The molecule has 36 heavy (non-hydrogen) atoms. The Labute approximate surface area is 214 Å². The molecule has 3 aromatic rings. The number of hydrogen-bond donors (Lipinski definition) is 4. The molecule has 5 N–H and O–H groups in total. The molecule has 3 aromatic heterocycles. The molecule has 2 amide bonds. The Morgan fingerprint density at radius 2 is 2.31 bits per heavy atom. The van der Waals surface area contributed by atoms with E-state index >= 15 is 0 Å². The van der Waals surface area contributed by atoms with Gasteiger partial charge < -0.3 is 26.0 Å². The van der Waals surface area contributed by atoms with E-state index in [1.165, 1.54) is 48.2 Å². The number of nitrogens with two attached hydrogens (primary N) is 1. The van der Waals surface area contributed by atoms with Crippen LogP contribution >= 0.6 is 34.9 Å². The number of H-pyrrole nitrogens is 1. The van der Waals surface area contributed by atoms with Crippen molar-refractivity contribution in [2.75, 3.05) is 18.6 Å². The zero-order chi connectivity index (χ0) is 25.4. The number of amides is 2. The lowest BCUT2D eigenvalue weighted by molar-refractivity contribution is -0.146. The van der Waals surface area contributed by atoms with Gasteiger partial charge in [0.2, 0.25) is 5.91 Å². The third kappa shape index (κ3) is 4.03. The molecule has 14 nitrogen and oxygen atoms in total. The van der Waals surface area contributed by atoms with Gasteiger partial charge >= 0.3 is 5.97 Å². The Balaban J connectivity index is 1.66. The van der Waals surface area contributed by atoms with Gasteiger partial charge in [-0.15, -0.1) is 11.3 Å². The predicted octanol–water partition coefficient (Wildman–Crippen LogP) is 0.729. The van der Waals surface area contributed by atoms with Gasteiger partial charge in [0.25, 0.3) is 5.91 Å². The molecule has 5 heterocycles. The highest BCUT2D eigenvalue weighted by atomic mass is 32.2. The number of aromatic nitrogens is 5. The number of hydrogen-bond acceptors (Lipinski definition) is 13. The van der Waals surface area contributed by atoms with Crippen molar-refractivity contribution in [3.8, 4) is 0 Å². The number of carboxylic acids is 1. The number of oxime groups is 1. The number of thiazole rings is 1. The van der Waals surface area contributed by atoms with Crippen LogP contribution in [0.2, 0.25) is 0 Å². The number of nitrogens with one attached hydrogen (secondary N) is 2. The highest BCUT2D eigenvalue weighted by Crippen LogP contribution is 2.55. The summed E-state index contributed by atoms with van der Waals surface area (Å²) < 4.78 is 0. The summed E-state index contributed by atoms with van der Waals surface area (Å²) in [5.74, 6) is -2.27. The summed E-state index contributed by atoms with van der Waals surface area (Å²) in [6.07, 6.45) is 3.86. The molecule has 2 atom stereocenters. The summed E-state index contributed by atoms with van der Waals surface area (Å²) in [5.41, 5.74) is 7.26. The zero-order valence-corrected chi connectivity index (χ0v) is 20.8. The Morgan fingerprint density at radius 3 is 3.00 bits per heavy atom. The van der Waals surface area contributed by atoms with Crippen molar-refractivity contribution in [2.24, 2.45) is 5.16 Å². The summed E-state index contributed by atoms with van der Waals surface area (Å²) in [5, 5.41) is 18.5. The van der Waals surface area contributed by atoms with E-state index in [4.69, 9.17) is 5.73 Å². The first-order valence-corrected chi connectivity index (χ1v) is 12.9. The predicted molar refractivity (Wildman–Crippen MR) is 132 cm³/mol. The van der Waals surface area contributed by atoms with E-state index in [0.717, 1.165) is 17.6 Å². The van der Waals surface area contributed by atoms with Crippen LogP contribution in [0.4, 0.5) is 5.13 Å². The highest BCUT2D eigenvalue weighted by Gasteiger charge is 2.56. The van der Waals surface area contributed by atoms with Gasteiger partial charge in [0.15, 0.2) is 15.6 Å². The van der Waals surface area contributed by atoms with Crippen LogP contribution in [0.5, 0.6) is 0 Å². The number of imidazole rings is 1. The molecule has 17 heteroatoms. The fraction of sp³-hybridized carbons (Fsp3) is 0.263. The SMILES string of the molecule is CON=CC(=O)NC1(c2csc(N)n2)S[C@H]2CC(=O)N2C(C(=O)O)=C1CSc1ncnc2nc[nH]c12. The monoisotopic (exact) mass is 547 g/mol. The molecule has 0 bridgehead atoms. The molecular weight excluding hydrogens is 530 g/mol. The molecule has 0 aromatic carbocycles. The molecule has 0 aliphatic carbocycles. The molecule has 0 radical (unpaired) electrons. The maximum absolute atomic E-state index is 12.9. The fourth-order valence-electron chi connectivity index (χ4n) is 3.87. The zero-order valence-electron chi connectivity index (χ0n) is 18.4. The minimum absolute atomic E-state index is 0.0232. The molecule has 0 saturated carbocycles. The van der Waals surface area contributed by atoms with E-state index in [1.807, 2.05) is 0 Å². The third-order valence-electron chi connectivity index (χ3n) is 5.37. The van der Waals surface area contributed by atoms with Crippen molar-refractivity contribution in [1.29, 1.82) is 0 Å². The van der Waals surface area contributed by atoms with Crippen LogP contribution in [-0.2, 0) is 24.1 Å². The minimum atomic E-state index is -1.46. The van der Waals surface area contributed by atoms with Crippen molar-refractivity contribution in [1.82, 2.24) is 35.1 Å². The van der Waals surface area contributed by atoms with Crippen LogP contribution in [0.3, 0.4) is 0 Å². The second-order valence-electron chi connectivity index (χ2n) is 7.40. The Hall–Kier alpha value is -3.70. The molecule has 2 aliphatic rings. The largest absolute Gasteiger partial charge is 0.477 e. The summed E-state index contributed by atoms with van der Waals surface area (Å²) in [4.78, 5) is 62.1. The fourth-order valence-corrected chi connectivity index (χ4v) is 7.36. The normalized spacial score (nSPS) is 21.5. The van der Waals surface area contributed by atoms with Crippen LogP contribution in [0.15, 0.2) is 39.5 Å². The average molecular weight is 548 g/mol. The smallest absolute Gasteiger partial charge is 0.352 e. The van der Waals surface area contributed by atoms with Gasteiger partial charge in [-0.1, -0.05) is 28.7 Å². The highest BCUT2D eigenvalue weighted by molar-refractivity contribution is 8.01. The van der Waals surface area contributed by atoms with Crippen molar-refractivity contribution >= 4 is 75.2 Å². The van der Waals surface area contributed by atoms with E-state index < -0.39 is 22.1 Å². The topological polar surface area (TPSA) is 202 Å². The molecule has 1 unspecified atom stereocenters.